The standard InChI is InChI=1S/C16H33N3O2/c1-4-9-18-16(3,15(17)20)8-6-7-10-19-11-12-21-14(5-2)13-19/h14,18H,4-13H2,1-3H3,(H2,17,20). The van der Waals surface area contributed by atoms with Gasteiger partial charge in [0.1, 0.15) is 0 Å². The van der Waals surface area contributed by atoms with Crippen LogP contribution in [0.5, 0.6) is 0 Å². The van der Waals surface area contributed by atoms with Gasteiger partial charge in [-0.15, -0.1) is 0 Å². The topological polar surface area (TPSA) is 67.6 Å². The van der Waals surface area contributed by atoms with Crippen LogP contribution in [0, 0.1) is 0 Å². The number of unbranched alkanes of at least 4 members (excludes halogenated alkanes) is 1. The van der Waals surface area contributed by atoms with Gasteiger partial charge in [0.25, 0.3) is 0 Å². The van der Waals surface area contributed by atoms with Crippen molar-refractivity contribution >= 4 is 5.91 Å². The molecule has 1 heterocycles. The van der Waals surface area contributed by atoms with E-state index in [1.54, 1.807) is 0 Å². The number of nitrogens with one attached hydrogen (secondary N) is 1. The predicted octanol–water partition coefficient (Wildman–Crippen LogP) is 1.51. The molecule has 0 radical (unpaired) electrons. The van der Waals surface area contributed by atoms with Gasteiger partial charge in [0, 0.05) is 13.1 Å². The van der Waals surface area contributed by atoms with Crippen LogP contribution in [0.25, 0.3) is 0 Å². The van der Waals surface area contributed by atoms with E-state index in [0.717, 1.165) is 64.9 Å². The third kappa shape index (κ3) is 6.32. The van der Waals surface area contributed by atoms with E-state index in [1.165, 1.54) is 0 Å². The molecule has 0 bridgehead atoms. The number of carbonyl (C=O) groups excluding carboxylic acids is 1. The summed E-state index contributed by atoms with van der Waals surface area (Å²) in [6, 6.07) is 0. The lowest BCUT2D eigenvalue weighted by atomic mass is 9.93. The first-order chi connectivity index (χ1) is 10.0. The normalized spacial score (nSPS) is 22.9. The monoisotopic (exact) mass is 299 g/mol. The van der Waals surface area contributed by atoms with Crippen molar-refractivity contribution in [3.63, 3.8) is 0 Å². The number of hydrogen-bond donors (Lipinski definition) is 2. The summed E-state index contributed by atoms with van der Waals surface area (Å²) < 4.78 is 5.68. The fourth-order valence-corrected chi connectivity index (χ4v) is 2.74. The van der Waals surface area contributed by atoms with Gasteiger partial charge in [-0.3, -0.25) is 9.69 Å². The van der Waals surface area contributed by atoms with Gasteiger partial charge in [0.2, 0.25) is 5.91 Å². The summed E-state index contributed by atoms with van der Waals surface area (Å²) >= 11 is 0. The smallest absolute Gasteiger partial charge is 0.237 e. The maximum atomic E-state index is 11.6. The van der Waals surface area contributed by atoms with Gasteiger partial charge in [-0.25, -0.2) is 0 Å². The molecular formula is C16H33N3O2. The van der Waals surface area contributed by atoms with Crippen LogP contribution in [0.3, 0.4) is 0 Å². The molecule has 2 unspecified atom stereocenters. The van der Waals surface area contributed by atoms with Crippen LogP contribution in [-0.4, -0.2) is 55.2 Å². The Morgan fingerprint density at radius 3 is 2.81 bits per heavy atom. The molecule has 1 rings (SSSR count). The Labute approximate surface area is 129 Å². The van der Waals surface area contributed by atoms with E-state index in [-0.39, 0.29) is 5.91 Å². The summed E-state index contributed by atoms with van der Waals surface area (Å²) in [6.07, 6.45) is 5.41. The summed E-state index contributed by atoms with van der Waals surface area (Å²) in [7, 11) is 0. The van der Waals surface area contributed by atoms with E-state index in [9.17, 15) is 4.79 Å². The molecule has 0 spiro atoms. The first-order valence-corrected chi connectivity index (χ1v) is 8.40. The second kappa shape index (κ2) is 9.38. The molecule has 1 fully saturated rings. The number of morpholine rings is 1. The second-order valence-electron chi connectivity index (χ2n) is 6.28. The van der Waals surface area contributed by atoms with Crippen molar-refractivity contribution in [2.45, 2.75) is 64.5 Å². The number of amides is 1. The average Bonchev–Trinajstić information content (AvgIpc) is 2.49. The number of nitrogens with zero attached hydrogens (tertiary/aromatic N) is 1. The Bertz CT molecular complexity index is 312. The third-order valence-corrected chi connectivity index (χ3v) is 4.39. The van der Waals surface area contributed by atoms with E-state index < -0.39 is 5.54 Å². The summed E-state index contributed by atoms with van der Waals surface area (Å²) in [6.45, 7) is 11.0. The van der Waals surface area contributed by atoms with Crippen molar-refractivity contribution in [3.8, 4) is 0 Å². The third-order valence-electron chi connectivity index (χ3n) is 4.39. The molecule has 0 aliphatic carbocycles. The summed E-state index contributed by atoms with van der Waals surface area (Å²) in [5.74, 6) is -0.242. The highest BCUT2D eigenvalue weighted by molar-refractivity contribution is 5.84. The van der Waals surface area contributed by atoms with E-state index in [2.05, 4.69) is 24.1 Å². The summed E-state index contributed by atoms with van der Waals surface area (Å²) in [4.78, 5) is 14.1. The van der Waals surface area contributed by atoms with Gasteiger partial charge in [-0.05, 0) is 52.1 Å². The van der Waals surface area contributed by atoms with Crippen LogP contribution in [-0.2, 0) is 9.53 Å². The highest BCUT2D eigenvalue weighted by atomic mass is 16.5. The van der Waals surface area contributed by atoms with Gasteiger partial charge in [0.05, 0.1) is 18.2 Å². The Morgan fingerprint density at radius 2 is 2.19 bits per heavy atom. The van der Waals surface area contributed by atoms with Crippen molar-refractivity contribution in [1.82, 2.24) is 10.2 Å². The van der Waals surface area contributed by atoms with Crippen molar-refractivity contribution < 1.29 is 9.53 Å². The molecule has 0 aromatic heterocycles. The minimum atomic E-state index is -0.563. The molecule has 0 saturated carbocycles. The molecule has 1 aliphatic heterocycles. The Balaban J connectivity index is 2.26. The first-order valence-electron chi connectivity index (χ1n) is 8.40. The average molecular weight is 299 g/mol. The zero-order chi connectivity index (χ0) is 15.7. The van der Waals surface area contributed by atoms with Crippen molar-refractivity contribution in [2.24, 2.45) is 5.73 Å². The van der Waals surface area contributed by atoms with Crippen LogP contribution < -0.4 is 11.1 Å². The Hall–Kier alpha value is -0.650. The lowest BCUT2D eigenvalue weighted by Crippen LogP contribution is -2.53. The van der Waals surface area contributed by atoms with Gasteiger partial charge < -0.3 is 15.8 Å². The summed E-state index contributed by atoms with van der Waals surface area (Å²) in [5, 5.41) is 3.29. The van der Waals surface area contributed by atoms with Crippen LogP contribution in [0.1, 0.15) is 52.9 Å². The maximum Gasteiger partial charge on any atom is 0.237 e. The molecule has 1 aliphatic rings. The number of nitrogens with two attached hydrogens (primary N) is 1. The van der Waals surface area contributed by atoms with Crippen molar-refractivity contribution in [3.05, 3.63) is 0 Å². The number of primary amides is 1. The molecule has 2 atom stereocenters. The van der Waals surface area contributed by atoms with E-state index in [1.807, 2.05) is 6.92 Å². The number of ether oxygens (including phenoxy) is 1. The molecule has 21 heavy (non-hydrogen) atoms. The fraction of sp³-hybridized carbons (Fsp3) is 0.938. The van der Waals surface area contributed by atoms with E-state index in [4.69, 9.17) is 10.5 Å². The molecular weight excluding hydrogens is 266 g/mol. The number of hydrogen-bond acceptors (Lipinski definition) is 4. The predicted molar refractivity (Wildman–Crippen MR) is 86.2 cm³/mol. The lowest BCUT2D eigenvalue weighted by molar-refractivity contribution is -0.124. The molecule has 0 aromatic carbocycles. The lowest BCUT2D eigenvalue weighted by Gasteiger charge is -2.33. The summed E-state index contributed by atoms with van der Waals surface area (Å²) in [5.41, 5.74) is 4.98. The molecule has 5 heteroatoms. The maximum absolute atomic E-state index is 11.6. The quantitative estimate of drug-likeness (QED) is 0.600. The minimum absolute atomic E-state index is 0.242. The van der Waals surface area contributed by atoms with Gasteiger partial charge >= 0.3 is 0 Å². The van der Waals surface area contributed by atoms with Crippen molar-refractivity contribution in [2.75, 3.05) is 32.8 Å². The number of carbonyl (C=O) groups is 1. The first kappa shape index (κ1) is 18.4. The van der Waals surface area contributed by atoms with Gasteiger partial charge in [-0.2, -0.15) is 0 Å². The molecule has 0 aromatic rings. The van der Waals surface area contributed by atoms with Gasteiger partial charge in [0.15, 0.2) is 0 Å². The Kier molecular flexibility index (Phi) is 8.22. The fourth-order valence-electron chi connectivity index (χ4n) is 2.74. The van der Waals surface area contributed by atoms with Gasteiger partial charge in [-0.1, -0.05) is 13.8 Å². The second-order valence-corrected chi connectivity index (χ2v) is 6.28. The SMILES string of the molecule is CCCNC(C)(CCCCN1CCOC(CC)C1)C(N)=O. The van der Waals surface area contributed by atoms with Crippen LogP contribution >= 0.6 is 0 Å². The van der Waals surface area contributed by atoms with Crippen LogP contribution in [0.15, 0.2) is 0 Å². The Morgan fingerprint density at radius 1 is 1.43 bits per heavy atom. The highest BCUT2D eigenvalue weighted by Gasteiger charge is 2.29. The molecule has 1 saturated heterocycles. The minimum Gasteiger partial charge on any atom is -0.376 e. The van der Waals surface area contributed by atoms with E-state index in [0.29, 0.717) is 6.10 Å². The highest BCUT2D eigenvalue weighted by Crippen LogP contribution is 2.15. The largest absolute Gasteiger partial charge is 0.376 e. The van der Waals surface area contributed by atoms with Crippen LogP contribution in [0.2, 0.25) is 0 Å². The molecule has 3 N–H and O–H groups in total. The number of rotatable bonds is 10. The van der Waals surface area contributed by atoms with Crippen LogP contribution in [0.4, 0.5) is 0 Å². The molecule has 124 valence electrons. The molecule has 1 amide bonds. The zero-order valence-electron chi connectivity index (χ0n) is 14.0. The zero-order valence-corrected chi connectivity index (χ0v) is 14.0. The van der Waals surface area contributed by atoms with Crippen molar-refractivity contribution in [1.29, 1.82) is 0 Å². The van der Waals surface area contributed by atoms with E-state index >= 15 is 0 Å². The molecule has 5 nitrogen and oxygen atoms in total.